The normalized spacial score (nSPS) is 27.7. The number of hydrogen-bond donors (Lipinski definition) is 2. The zero-order valence-electron chi connectivity index (χ0n) is 9.56. The van der Waals surface area contributed by atoms with Gasteiger partial charge < -0.3 is 20.5 Å². The van der Waals surface area contributed by atoms with Gasteiger partial charge in [0.1, 0.15) is 5.60 Å². The van der Waals surface area contributed by atoms with E-state index in [-0.39, 0.29) is 6.04 Å². The topological polar surface area (TPSA) is 75.8 Å². The number of β-amino-alcohol motifs (C(OH)–C–C–N with tert-alkyl or cyclic N) is 1. The van der Waals surface area contributed by atoms with Crippen molar-refractivity contribution in [3.8, 4) is 0 Å². The molecule has 1 aliphatic heterocycles. The number of ether oxygens (including phenoxy) is 1. The van der Waals surface area contributed by atoms with E-state index >= 15 is 0 Å². The third-order valence-corrected chi connectivity index (χ3v) is 2.11. The van der Waals surface area contributed by atoms with Crippen LogP contribution in [0.4, 0.5) is 4.79 Å². The van der Waals surface area contributed by atoms with Crippen molar-refractivity contribution in [2.24, 2.45) is 5.73 Å². The smallest absolute Gasteiger partial charge is 0.410 e. The summed E-state index contributed by atoms with van der Waals surface area (Å²) < 4.78 is 5.19. The van der Waals surface area contributed by atoms with Crippen LogP contribution in [0.25, 0.3) is 0 Å². The van der Waals surface area contributed by atoms with Crippen LogP contribution < -0.4 is 5.73 Å². The number of hydrogen-bond acceptors (Lipinski definition) is 4. The van der Waals surface area contributed by atoms with Gasteiger partial charge in [0, 0.05) is 12.6 Å². The molecule has 1 rings (SSSR count). The van der Waals surface area contributed by atoms with Gasteiger partial charge in [0.25, 0.3) is 0 Å². The van der Waals surface area contributed by atoms with E-state index in [1.807, 2.05) is 20.8 Å². The number of nitrogens with two attached hydrogens (primary N) is 1. The van der Waals surface area contributed by atoms with Gasteiger partial charge in [-0.3, -0.25) is 0 Å². The Morgan fingerprint density at radius 1 is 1.47 bits per heavy atom. The molecule has 0 spiro atoms. The van der Waals surface area contributed by atoms with E-state index in [2.05, 4.69) is 0 Å². The van der Waals surface area contributed by atoms with Gasteiger partial charge in [-0.05, 0) is 27.2 Å². The number of aliphatic hydroxyl groups excluding tert-OH is 1. The first kappa shape index (κ1) is 12.3. The van der Waals surface area contributed by atoms with Crippen LogP contribution in [0.15, 0.2) is 0 Å². The van der Waals surface area contributed by atoms with Crippen LogP contribution in [0.1, 0.15) is 27.2 Å². The lowest BCUT2D eigenvalue weighted by Crippen LogP contribution is -2.52. The summed E-state index contributed by atoms with van der Waals surface area (Å²) in [6.45, 7) is 6.19. The molecule has 5 heteroatoms. The van der Waals surface area contributed by atoms with Crippen LogP contribution in [0.2, 0.25) is 0 Å². The van der Waals surface area contributed by atoms with E-state index in [0.29, 0.717) is 19.5 Å². The Bertz CT molecular complexity index is 227. The molecule has 0 bridgehead atoms. The average molecular weight is 216 g/mol. The standard InChI is InChI=1S/C10H20N2O3/c1-10(2,3)15-9(14)12-5-7(11)4-8(13)6-12/h7-8,13H,4-6,11H2,1-3H3. The van der Waals surface area contributed by atoms with Crippen LogP contribution in [-0.2, 0) is 4.74 Å². The number of rotatable bonds is 0. The molecule has 1 aliphatic rings. The van der Waals surface area contributed by atoms with Gasteiger partial charge in [0.05, 0.1) is 12.6 Å². The van der Waals surface area contributed by atoms with Crippen molar-refractivity contribution in [1.82, 2.24) is 4.90 Å². The Morgan fingerprint density at radius 2 is 2.07 bits per heavy atom. The van der Waals surface area contributed by atoms with Crippen molar-refractivity contribution in [3.05, 3.63) is 0 Å². The molecule has 0 radical (unpaired) electrons. The van der Waals surface area contributed by atoms with Gasteiger partial charge in [-0.15, -0.1) is 0 Å². The molecular formula is C10H20N2O3. The van der Waals surface area contributed by atoms with Crippen molar-refractivity contribution in [2.45, 2.75) is 44.9 Å². The van der Waals surface area contributed by atoms with Gasteiger partial charge in [0.2, 0.25) is 0 Å². The number of carbonyl (C=O) groups excluding carboxylic acids is 1. The highest BCUT2D eigenvalue weighted by Gasteiger charge is 2.29. The SMILES string of the molecule is CC(C)(C)OC(=O)N1CC(N)CC(O)C1. The minimum atomic E-state index is -0.540. The van der Waals surface area contributed by atoms with Gasteiger partial charge in [0.15, 0.2) is 0 Å². The third kappa shape index (κ3) is 4.05. The summed E-state index contributed by atoms with van der Waals surface area (Å²) in [6.07, 6.45) is -0.405. The molecule has 1 fully saturated rings. The van der Waals surface area contributed by atoms with E-state index in [0.717, 1.165) is 0 Å². The lowest BCUT2D eigenvalue weighted by atomic mass is 10.0. The molecule has 5 nitrogen and oxygen atoms in total. The first-order chi connectivity index (χ1) is 6.78. The molecule has 0 aliphatic carbocycles. The van der Waals surface area contributed by atoms with E-state index < -0.39 is 17.8 Å². The predicted octanol–water partition coefficient (Wildman–Crippen LogP) is 0.315. The molecule has 15 heavy (non-hydrogen) atoms. The van der Waals surface area contributed by atoms with E-state index in [4.69, 9.17) is 10.5 Å². The second-order valence-electron chi connectivity index (χ2n) is 5.03. The molecule has 3 N–H and O–H groups in total. The predicted molar refractivity (Wildman–Crippen MR) is 56.4 cm³/mol. The minimum Gasteiger partial charge on any atom is -0.444 e. The quantitative estimate of drug-likeness (QED) is 0.611. The van der Waals surface area contributed by atoms with Gasteiger partial charge in [-0.2, -0.15) is 0 Å². The van der Waals surface area contributed by atoms with Crippen molar-refractivity contribution in [1.29, 1.82) is 0 Å². The highest BCUT2D eigenvalue weighted by atomic mass is 16.6. The van der Waals surface area contributed by atoms with Crippen molar-refractivity contribution in [3.63, 3.8) is 0 Å². The molecule has 1 heterocycles. The maximum absolute atomic E-state index is 11.6. The third-order valence-electron chi connectivity index (χ3n) is 2.11. The van der Waals surface area contributed by atoms with Crippen LogP contribution in [0.3, 0.4) is 0 Å². The van der Waals surface area contributed by atoms with E-state index in [1.54, 1.807) is 0 Å². The summed E-state index contributed by atoms with van der Waals surface area (Å²) >= 11 is 0. The van der Waals surface area contributed by atoms with Gasteiger partial charge >= 0.3 is 6.09 Å². The van der Waals surface area contributed by atoms with Crippen molar-refractivity contribution in [2.75, 3.05) is 13.1 Å². The Morgan fingerprint density at radius 3 is 2.53 bits per heavy atom. The second-order valence-corrected chi connectivity index (χ2v) is 5.03. The summed E-state index contributed by atoms with van der Waals surface area (Å²) in [5, 5.41) is 9.47. The number of piperidine rings is 1. The zero-order valence-corrected chi connectivity index (χ0v) is 9.56. The van der Waals surface area contributed by atoms with E-state index in [9.17, 15) is 9.90 Å². The molecule has 0 aromatic rings. The molecule has 0 aromatic heterocycles. The maximum atomic E-state index is 11.6. The summed E-state index contributed by atoms with van der Waals surface area (Å²) in [7, 11) is 0. The van der Waals surface area contributed by atoms with Crippen molar-refractivity contribution >= 4 is 6.09 Å². The first-order valence-electron chi connectivity index (χ1n) is 5.19. The largest absolute Gasteiger partial charge is 0.444 e. The van der Waals surface area contributed by atoms with Crippen LogP contribution in [-0.4, -0.2) is 46.9 Å². The molecular weight excluding hydrogens is 196 g/mol. The second kappa shape index (κ2) is 4.37. The Balaban J connectivity index is 2.52. The first-order valence-corrected chi connectivity index (χ1v) is 5.19. The fourth-order valence-corrected chi connectivity index (χ4v) is 1.59. The average Bonchev–Trinajstić information content (AvgIpc) is 1.98. The molecule has 2 unspecified atom stereocenters. The van der Waals surface area contributed by atoms with E-state index in [1.165, 1.54) is 4.90 Å². The maximum Gasteiger partial charge on any atom is 0.410 e. The fraction of sp³-hybridized carbons (Fsp3) is 0.900. The summed E-state index contributed by atoms with van der Waals surface area (Å²) in [5.41, 5.74) is 5.20. The fourth-order valence-electron chi connectivity index (χ4n) is 1.59. The molecule has 0 aromatic carbocycles. The number of amides is 1. The highest BCUT2D eigenvalue weighted by molar-refractivity contribution is 5.68. The lowest BCUT2D eigenvalue weighted by molar-refractivity contribution is 0.000482. The number of nitrogens with zero attached hydrogens (tertiary/aromatic N) is 1. The van der Waals surface area contributed by atoms with Crippen LogP contribution in [0.5, 0.6) is 0 Å². The molecule has 2 atom stereocenters. The Kier molecular flexibility index (Phi) is 3.57. The lowest BCUT2D eigenvalue weighted by Gasteiger charge is -2.35. The molecule has 1 amide bonds. The van der Waals surface area contributed by atoms with Crippen LogP contribution >= 0.6 is 0 Å². The summed E-state index contributed by atoms with van der Waals surface area (Å²) in [4.78, 5) is 13.1. The summed E-state index contributed by atoms with van der Waals surface area (Å²) in [5.74, 6) is 0. The zero-order chi connectivity index (χ0) is 11.6. The van der Waals surface area contributed by atoms with Crippen LogP contribution in [0, 0.1) is 0 Å². The number of likely N-dealkylation sites (tertiary alicyclic amines) is 1. The highest BCUT2D eigenvalue weighted by Crippen LogP contribution is 2.14. The summed E-state index contributed by atoms with van der Waals surface area (Å²) in [6, 6.07) is -0.165. The minimum absolute atomic E-state index is 0.165. The van der Waals surface area contributed by atoms with Gasteiger partial charge in [-0.1, -0.05) is 0 Å². The number of carbonyl (C=O) groups is 1. The molecule has 1 saturated heterocycles. The molecule has 88 valence electrons. The Hall–Kier alpha value is -0.810. The number of aliphatic hydroxyl groups is 1. The Labute approximate surface area is 90.2 Å². The monoisotopic (exact) mass is 216 g/mol. The van der Waals surface area contributed by atoms with Crippen molar-refractivity contribution < 1.29 is 14.6 Å². The van der Waals surface area contributed by atoms with Gasteiger partial charge in [-0.25, -0.2) is 4.79 Å². The molecule has 0 saturated carbocycles.